The van der Waals surface area contributed by atoms with Gasteiger partial charge in [0.15, 0.2) is 5.58 Å². The maximum atomic E-state index is 11.0. The third-order valence-corrected chi connectivity index (χ3v) is 2.55. The van der Waals surface area contributed by atoms with Crippen LogP contribution < -0.4 is 11.1 Å². The van der Waals surface area contributed by atoms with E-state index in [9.17, 15) is 4.79 Å². The molecule has 4 heteroatoms. The van der Waals surface area contributed by atoms with E-state index < -0.39 is 0 Å². The van der Waals surface area contributed by atoms with Gasteiger partial charge in [0.2, 0.25) is 0 Å². The van der Waals surface area contributed by atoms with Gasteiger partial charge in [0.1, 0.15) is 0 Å². The molecule has 2 N–H and O–H groups in total. The summed E-state index contributed by atoms with van der Waals surface area (Å²) in [5, 5.41) is 3.28. The highest BCUT2D eigenvalue weighted by Crippen LogP contribution is 2.13. The summed E-state index contributed by atoms with van der Waals surface area (Å²) in [6, 6.07) is 5.83. The lowest BCUT2D eigenvalue weighted by atomic mass is 10.1. The first-order valence-electron chi connectivity index (χ1n) is 5.62. The first kappa shape index (κ1) is 11.0. The zero-order chi connectivity index (χ0) is 11.4. The Hall–Kier alpha value is -1.55. The van der Waals surface area contributed by atoms with Crippen molar-refractivity contribution in [3.63, 3.8) is 0 Å². The van der Waals surface area contributed by atoms with E-state index in [1.807, 2.05) is 18.2 Å². The highest BCUT2D eigenvalue weighted by Gasteiger charge is 2.01. The van der Waals surface area contributed by atoms with E-state index in [0.717, 1.165) is 31.4 Å². The molecule has 0 fully saturated rings. The minimum Gasteiger partial charge on any atom is -0.408 e. The monoisotopic (exact) mass is 220 g/mol. The summed E-state index contributed by atoms with van der Waals surface area (Å²) in [6.45, 7) is 4.13. The maximum Gasteiger partial charge on any atom is 0.417 e. The van der Waals surface area contributed by atoms with Crippen molar-refractivity contribution in [3.05, 3.63) is 34.3 Å². The van der Waals surface area contributed by atoms with Crippen LogP contribution in [-0.4, -0.2) is 18.1 Å². The molecule has 0 aliphatic heterocycles. The standard InChI is InChI=1S/C12H16N2O2/c1-2-13-7-3-4-9-5-6-11-10(8-9)14-12(15)16-11/h5-6,8,13H,2-4,7H2,1H3,(H,14,15). The van der Waals surface area contributed by atoms with Crippen LogP contribution in [0.1, 0.15) is 18.9 Å². The molecule has 0 radical (unpaired) electrons. The minimum absolute atomic E-state index is 0.389. The number of fused-ring (bicyclic) bond motifs is 1. The summed E-state index contributed by atoms with van der Waals surface area (Å²) < 4.78 is 4.94. The van der Waals surface area contributed by atoms with Crippen molar-refractivity contribution < 1.29 is 4.42 Å². The number of aryl methyl sites for hydroxylation is 1. The number of rotatable bonds is 5. The Balaban J connectivity index is 2.04. The Bertz CT molecular complexity index is 513. The van der Waals surface area contributed by atoms with Crippen LogP contribution >= 0.6 is 0 Å². The molecule has 0 unspecified atom stereocenters. The lowest BCUT2D eigenvalue weighted by Crippen LogP contribution is -2.14. The van der Waals surface area contributed by atoms with Gasteiger partial charge < -0.3 is 9.73 Å². The number of hydrogen-bond donors (Lipinski definition) is 2. The van der Waals surface area contributed by atoms with E-state index in [4.69, 9.17) is 4.42 Å². The molecule has 1 heterocycles. The topological polar surface area (TPSA) is 58.0 Å². The molecule has 2 aromatic rings. The normalized spacial score (nSPS) is 11.1. The van der Waals surface area contributed by atoms with Crippen LogP contribution in [0.4, 0.5) is 0 Å². The molecule has 0 saturated heterocycles. The molecule has 4 nitrogen and oxygen atoms in total. The largest absolute Gasteiger partial charge is 0.417 e. The second kappa shape index (κ2) is 4.99. The molecule has 2 rings (SSSR count). The molecule has 1 aromatic heterocycles. The number of benzene rings is 1. The lowest BCUT2D eigenvalue weighted by Gasteiger charge is -2.02. The van der Waals surface area contributed by atoms with Gasteiger partial charge >= 0.3 is 5.76 Å². The van der Waals surface area contributed by atoms with Gasteiger partial charge in [-0.25, -0.2) is 4.79 Å². The first-order chi connectivity index (χ1) is 7.79. The number of aromatic nitrogens is 1. The van der Waals surface area contributed by atoms with Gasteiger partial charge in [-0.1, -0.05) is 13.0 Å². The van der Waals surface area contributed by atoms with Crippen molar-refractivity contribution in [2.75, 3.05) is 13.1 Å². The Morgan fingerprint density at radius 2 is 2.31 bits per heavy atom. The van der Waals surface area contributed by atoms with Gasteiger partial charge in [-0.15, -0.1) is 0 Å². The predicted molar refractivity (Wildman–Crippen MR) is 63.7 cm³/mol. The van der Waals surface area contributed by atoms with Crippen LogP contribution in [0.15, 0.2) is 27.4 Å². The van der Waals surface area contributed by atoms with Gasteiger partial charge in [0.05, 0.1) is 5.52 Å². The summed E-state index contributed by atoms with van der Waals surface area (Å²) in [6.07, 6.45) is 2.11. The Kier molecular flexibility index (Phi) is 3.41. The second-order valence-corrected chi connectivity index (χ2v) is 3.80. The smallest absolute Gasteiger partial charge is 0.408 e. The lowest BCUT2D eigenvalue weighted by molar-refractivity contribution is 0.555. The number of H-pyrrole nitrogens is 1. The van der Waals surface area contributed by atoms with E-state index >= 15 is 0 Å². The quantitative estimate of drug-likeness (QED) is 0.753. The van der Waals surface area contributed by atoms with Crippen LogP contribution in [0, 0.1) is 0 Å². The summed E-state index contributed by atoms with van der Waals surface area (Å²) in [5.41, 5.74) is 2.63. The maximum absolute atomic E-state index is 11.0. The summed E-state index contributed by atoms with van der Waals surface area (Å²) in [4.78, 5) is 13.6. The Morgan fingerprint density at radius 1 is 1.44 bits per heavy atom. The molecule has 1 aromatic carbocycles. The van der Waals surface area contributed by atoms with Gasteiger partial charge in [0, 0.05) is 0 Å². The van der Waals surface area contributed by atoms with E-state index in [-0.39, 0.29) is 5.76 Å². The first-order valence-corrected chi connectivity index (χ1v) is 5.62. The third kappa shape index (κ3) is 2.52. The summed E-state index contributed by atoms with van der Waals surface area (Å²) in [5.74, 6) is -0.389. The number of aromatic amines is 1. The summed E-state index contributed by atoms with van der Waals surface area (Å²) in [7, 11) is 0. The molecule has 0 atom stereocenters. The van der Waals surface area contributed by atoms with Crippen molar-refractivity contribution in [1.29, 1.82) is 0 Å². The van der Waals surface area contributed by atoms with Gasteiger partial charge in [-0.2, -0.15) is 0 Å². The average Bonchev–Trinajstić information content (AvgIpc) is 2.64. The highest BCUT2D eigenvalue weighted by atomic mass is 16.4. The van der Waals surface area contributed by atoms with E-state index in [1.165, 1.54) is 5.56 Å². The molecule has 0 bridgehead atoms. The number of nitrogens with one attached hydrogen (secondary N) is 2. The van der Waals surface area contributed by atoms with E-state index in [1.54, 1.807) is 0 Å². The third-order valence-electron chi connectivity index (χ3n) is 2.55. The minimum atomic E-state index is -0.389. The van der Waals surface area contributed by atoms with Crippen LogP contribution in [0.3, 0.4) is 0 Å². The Morgan fingerprint density at radius 3 is 3.12 bits per heavy atom. The molecule has 86 valence electrons. The fraction of sp³-hybridized carbons (Fsp3) is 0.417. The molecular formula is C12H16N2O2. The van der Waals surface area contributed by atoms with Gasteiger partial charge in [-0.05, 0) is 43.6 Å². The van der Waals surface area contributed by atoms with Crippen LogP contribution in [0.2, 0.25) is 0 Å². The van der Waals surface area contributed by atoms with Gasteiger partial charge in [-0.3, -0.25) is 4.98 Å². The molecular weight excluding hydrogens is 204 g/mol. The molecule has 0 spiro atoms. The SMILES string of the molecule is CCNCCCc1ccc2oc(=O)[nH]c2c1. The average molecular weight is 220 g/mol. The van der Waals surface area contributed by atoms with Crippen LogP contribution in [0.25, 0.3) is 11.1 Å². The van der Waals surface area contributed by atoms with Crippen molar-refractivity contribution in [2.45, 2.75) is 19.8 Å². The van der Waals surface area contributed by atoms with Crippen LogP contribution in [-0.2, 0) is 6.42 Å². The summed E-state index contributed by atoms with van der Waals surface area (Å²) >= 11 is 0. The Labute approximate surface area is 93.7 Å². The molecule has 0 aliphatic rings. The zero-order valence-electron chi connectivity index (χ0n) is 9.38. The number of hydrogen-bond acceptors (Lipinski definition) is 3. The number of oxazole rings is 1. The molecule has 0 aliphatic carbocycles. The van der Waals surface area contributed by atoms with Crippen LogP contribution in [0.5, 0.6) is 0 Å². The van der Waals surface area contributed by atoms with Crippen molar-refractivity contribution in [3.8, 4) is 0 Å². The van der Waals surface area contributed by atoms with Gasteiger partial charge in [0.25, 0.3) is 0 Å². The highest BCUT2D eigenvalue weighted by molar-refractivity contribution is 5.72. The fourth-order valence-electron chi connectivity index (χ4n) is 1.75. The van der Waals surface area contributed by atoms with E-state index in [0.29, 0.717) is 5.58 Å². The predicted octanol–water partition coefficient (Wildman–Crippen LogP) is 1.66. The van der Waals surface area contributed by atoms with Crippen molar-refractivity contribution >= 4 is 11.1 Å². The molecule has 0 amide bonds. The van der Waals surface area contributed by atoms with Crippen molar-refractivity contribution in [2.24, 2.45) is 0 Å². The molecule has 0 saturated carbocycles. The van der Waals surface area contributed by atoms with Crippen molar-refractivity contribution in [1.82, 2.24) is 10.3 Å². The zero-order valence-corrected chi connectivity index (χ0v) is 9.38. The van der Waals surface area contributed by atoms with E-state index in [2.05, 4.69) is 17.2 Å². The second-order valence-electron chi connectivity index (χ2n) is 3.80. The fourth-order valence-corrected chi connectivity index (χ4v) is 1.75. The molecule has 16 heavy (non-hydrogen) atoms.